The molecule has 0 saturated carbocycles. The molecule has 1 heterocycles. The summed E-state index contributed by atoms with van der Waals surface area (Å²) in [7, 11) is 0. The van der Waals surface area contributed by atoms with Crippen LogP contribution in [0.5, 0.6) is 0 Å². The third kappa shape index (κ3) is 25.2. The number of ether oxygens (including phenoxy) is 2. The summed E-state index contributed by atoms with van der Waals surface area (Å²) in [6.07, 6.45) is 41.8. The van der Waals surface area contributed by atoms with E-state index in [-0.39, 0.29) is 18.9 Å². The zero-order valence-corrected chi connectivity index (χ0v) is 33.2. The van der Waals surface area contributed by atoms with E-state index in [0.29, 0.717) is 6.42 Å². The summed E-state index contributed by atoms with van der Waals surface area (Å²) < 4.78 is 11.1. The van der Waals surface area contributed by atoms with Crippen LogP contribution < -0.4 is 5.32 Å². The van der Waals surface area contributed by atoms with E-state index in [0.717, 1.165) is 57.8 Å². The lowest BCUT2D eigenvalue weighted by Gasteiger charge is -2.40. The molecule has 1 aliphatic rings. The van der Waals surface area contributed by atoms with Crippen molar-refractivity contribution in [1.82, 2.24) is 5.32 Å². The van der Waals surface area contributed by atoms with Crippen LogP contribution in [0.25, 0.3) is 0 Å². The summed E-state index contributed by atoms with van der Waals surface area (Å²) in [6.45, 7) is 3.54. The van der Waals surface area contributed by atoms with Gasteiger partial charge < -0.3 is 40.3 Å². The highest BCUT2D eigenvalue weighted by Crippen LogP contribution is 2.22. The van der Waals surface area contributed by atoms with Crippen molar-refractivity contribution in [2.75, 3.05) is 13.2 Å². The predicted molar refractivity (Wildman–Crippen MR) is 221 cm³/mol. The number of amides is 1. The molecule has 1 fully saturated rings. The van der Waals surface area contributed by atoms with Gasteiger partial charge in [-0.3, -0.25) is 4.79 Å². The minimum atomic E-state index is -1.59. The van der Waals surface area contributed by atoms with Gasteiger partial charge in [0, 0.05) is 6.42 Å². The van der Waals surface area contributed by atoms with E-state index in [9.17, 15) is 30.3 Å². The quantitative estimate of drug-likeness (QED) is 0.0311. The summed E-state index contributed by atoms with van der Waals surface area (Å²) in [5, 5.41) is 53.9. The number of carbonyl (C=O) groups is 1. The highest BCUT2D eigenvalue weighted by Gasteiger charge is 2.44. The number of hydrogen-bond donors (Lipinski definition) is 6. The number of allylic oxidation sites excluding steroid dienone is 15. The number of unbranched alkanes of at least 4 members (excludes halogenated alkanes) is 7. The van der Waals surface area contributed by atoms with Gasteiger partial charge in [-0.15, -0.1) is 0 Å². The van der Waals surface area contributed by atoms with Crippen LogP contribution in [-0.2, 0) is 14.3 Å². The maximum absolute atomic E-state index is 12.9. The minimum Gasteiger partial charge on any atom is -0.394 e. The number of hydrogen-bond acceptors (Lipinski definition) is 8. The van der Waals surface area contributed by atoms with Gasteiger partial charge in [-0.1, -0.05) is 143 Å². The second kappa shape index (κ2) is 34.6. The molecule has 0 aromatic heterocycles. The molecule has 1 rings (SSSR count). The predicted octanol–water partition coefficient (Wildman–Crippen LogP) is 7.77. The maximum atomic E-state index is 12.9. The summed E-state index contributed by atoms with van der Waals surface area (Å²) in [5.74, 6) is -0.276. The first-order valence-corrected chi connectivity index (χ1v) is 20.5. The van der Waals surface area contributed by atoms with Crippen molar-refractivity contribution in [3.8, 4) is 0 Å². The average molecular weight is 756 g/mol. The second-order valence-electron chi connectivity index (χ2n) is 13.7. The van der Waals surface area contributed by atoms with Crippen LogP contribution in [0.15, 0.2) is 97.2 Å². The van der Waals surface area contributed by atoms with Crippen molar-refractivity contribution in [2.24, 2.45) is 0 Å². The Morgan fingerprint density at radius 1 is 0.648 bits per heavy atom. The van der Waals surface area contributed by atoms with Crippen molar-refractivity contribution in [2.45, 2.75) is 166 Å². The third-order valence-electron chi connectivity index (χ3n) is 8.91. The van der Waals surface area contributed by atoms with Crippen molar-refractivity contribution in [1.29, 1.82) is 0 Å². The molecular formula is C45H73NO8. The van der Waals surface area contributed by atoms with Gasteiger partial charge in [0.05, 0.1) is 25.4 Å². The number of nitrogens with one attached hydrogen (secondary N) is 1. The van der Waals surface area contributed by atoms with Crippen LogP contribution in [0, 0.1) is 0 Å². The maximum Gasteiger partial charge on any atom is 0.220 e. The number of rotatable bonds is 31. The molecular weight excluding hydrogens is 682 g/mol. The molecule has 0 aromatic rings. The van der Waals surface area contributed by atoms with Crippen LogP contribution in [0.2, 0.25) is 0 Å². The van der Waals surface area contributed by atoms with Gasteiger partial charge in [0.25, 0.3) is 0 Å². The van der Waals surface area contributed by atoms with Gasteiger partial charge in [0.1, 0.15) is 24.4 Å². The van der Waals surface area contributed by atoms with Gasteiger partial charge in [-0.2, -0.15) is 0 Å². The molecule has 54 heavy (non-hydrogen) atoms. The van der Waals surface area contributed by atoms with Crippen molar-refractivity contribution in [3.63, 3.8) is 0 Å². The van der Waals surface area contributed by atoms with Crippen molar-refractivity contribution >= 4 is 5.91 Å². The van der Waals surface area contributed by atoms with E-state index < -0.39 is 49.5 Å². The molecule has 1 amide bonds. The number of carbonyl (C=O) groups excluding carboxylic acids is 1. The average Bonchev–Trinajstić information content (AvgIpc) is 3.17. The monoisotopic (exact) mass is 756 g/mol. The molecule has 306 valence electrons. The summed E-state index contributed by atoms with van der Waals surface area (Å²) >= 11 is 0. The molecule has 0 aliphatic carbocycles. The Morgan fingerprint density at radius 2 is 1.17 bits per heavy atom. The van der Waals surface area contributed by atoms with E-state index in [1.165, 1.54) is 38.5 Å². The van der Waals surface area contributed by atoms with Gasteiger partial charge in [-0.05, 0) is 70.6 Å². The summed E-state index contributed by atoms with van der Waals surface area (Å²) in [5.41, 5.74) is 0. The zero-order valence-electron chi connectivity index (χ0n) is 33.2. The topological polar surface area (TPSA) is 149 Å². The van der Waals surface area contributed by atoms with Crippen molar-refractivity contribution < 1.29 is 39.8 Å². The fraction of sp³-hybridized carbons (Fsp3) is 0.622. The summed E-state index contributed by atoms with van der Waals surface area (Å²) in [4.78, 5) is 12.9. The van der Waals surface area contributed by atoms with Gasteiger partial charge >= 0.3 is 0 Å². The molecule has 7 atom stereocenters. The van der Waals surface area contributed by atoms with E-state index in [2.05, 4.69) is 92.1 Å². The molecule has 0 radical (unpaired) electrons. The van der Waals surface area contributed by atoms with Crippen molar-refractivity contribution in [3.05, 3.63) is 97.2 Å². The van der Waals surface area contributed by atoms with Crippen LogP contribution >= 0.6 is 0 Å². The Labute approximate surface area is 326 Å². The number of aliphatic hydroxyl groups excluding tert-OH is 5. The molecule has 0 spiro atoms. The third-order valence-corrected chi connectivity index (χ3v) is 8.91. The SMILES string of the molecule is CC/C=C\C/C=C\C/C=C\C/C=C\C/C=C\C/C=C\CCC(=O)NC(COC1OC(CO)C(O)C(O)C1O)C(O)/C=C/CC/C=C/CCCCCCCC. The largest absolute Gasteiger partial charge is 0.394 e. The molecule has 1 saturated heterocycles. The van der Waals surface area contributed by atoms with Gasteiger partial charge in [-0.25, -0.2) is 0 Å². The first-order valence-electron chi connectivity index (χ1n) is 20.5. The first kappa shape index (κ1) is 49.1. The molecule has 7 unspecified atom stereocenters. The lowest BCUT2D eigenvalue weighted by molar-refractivity contribution is -0.302. The van der Waals surface area contributed by atoms with Crippen LogP contribution in [0.3, 0.4) is 0 Å². The van der Waals surface area contributed by atoms with Crippen LogP contribution in [0.1, 0.15) is 123 Å². The highest BCUT2D eigenvalue weighted by molar-refractivity contribution is 5.76. The van der Waals surface area contributed by atoms with Crippen LogP contribution in [0.4, 0.5) is 0 Å². The Bertz CT molecular complexity index is 1150. The minimum absolute atomic E-state index is 0.207. The molecule has 6 N–H and O–H groups in total. The summed E-state index contributed by atoms with van der Waals surface area (Å²) in [6, 6.07) is -0.866. The van der Waals surface area contributed by atoms with E-state index in [1.807, 2.05) is 18.2 Å². The zero-order chi connectivity index (χ0) is 39.5. The second-order valence-corrected chi connectivity index (χ2v) is 13.7. The normalized spacial score (nSPS) is 22.5. The van der Waals surface area contributed by atoms with E-state index >= 15 is 0 Å². The molecule has 0 bridgehead atoms. The lowest BCUT2D eigenvalue weighted by Crippen LogP contribution is -2.60. The standard InChI is InChI=1S/C45H73NO8/c1-3-5-7-9-11-13-15-17-18-19-20-21-22-23-25-27-29-31-33-35-41(49)46-38(37-53-45-44(52)43(51)42(50)40(36-47)54-45)39(48)34-32-30-28-26-24-16-14-12-10-8-6-4-2/h5,7,11,13,17-18,20-21,23-26,29,31-32,34,38-40,42-45,47-48,50-52H,3-4,6,8-10,12,14-16,19,22,27-28,30,33,35-37H2,1-2H3,(H,46,49)/b7-5-,13-11-,18-17-,21-20-,25-23-,26-24+,31-29-,34-32+. The Kier molecular flexibility index (Phi) is 31.5. The van der Waals surface area contributed by atoms with Gasteiger partial charge in [0.15, 0.2) is 6.29 Å². The van der Waals surface area contributed by atoms with Crippen LogP contribution in [-0.4, -0.2) is 87.5 Å². The molecule has 9 heteroatoms. The molecule has 9 nitrogen and oxygen atoms in total. The molecule has 1 aliphatic heterocycles. The highest BCUT2D eigenvalue weighted by atomic mass is 16.7. The van der Waals surface area contributed by atoms with E-state index in [1.54, 1.807) is 6.08 Å². The van der Waals surface area contributed by atoms with E-state index in [4.69, 9.17) is 9.47 Å². The Balaban J connectivity index is 2.51. The Hall–Kier alpha value is -2.89. The molecule has 0 aromatic carbocycles. The Morgan fingerprint density at radius 3 is 1.76 bits per heavy atom. The lowest BCUT2D eigenvalue weighted by atomic mass is 9.99. The fourth-order valence-corrected chi connectivity index (χ4v) is 5.60. The fourth-order valence-electron chi connectivity index (χ4n) is 5.60. The number of aliphatic hydroxyl groups is 5. The first-order chi connectivity index (χ1) is 26.3. The van der Waals surface area contributed by atoms with Gasteiger partial charge in [0.2, 0.25) is 5.91 Å². The smallest absolute Gasteiger partial charge is 0.220 e.